The molecule has 0 aliphatic carbocycles. The summed E-state index contributed by atoms with van der Waals surface area (Å²) in [6.07, 6.45) is 0.726. The quantitative estimate of drug-likeness (QED) is 0.779. The molecule has 3 aromatic rings. The van der Waals surface area contributed by atoms with Crippen molar-refractivity contribution in [3.8, 4) is 11.4 Å². The van der Waals surface area contributed by atoms with E-state index in [0.29, 0.717) is 17.5 Å². The molecule has 1 saturated heterocycles. The van der Waals surface area contributed by atoms with E-state index in [9.17, 15) is 4.79 Å². The van der Waals surface area contributed by atoms with Gasteiger partial charge in [-0.25, -0.2) is 0 Å². The highest BCUT2D eigenvalue weighted by Crippen LogP contribution is 2.26. The van der Waals surface area contributed by atoms with E-state index in [2.05, 4.69) is 19.8 Å². The second kappa shape index (κ2) is 6.29. The second-order valence-corrected chi connectivity index (χ2v) is 6.78. The molecule has 2 aromatic heterocycles. The van der Waals surface area contributed by atoms with Crippen LogP contribution in [0.15, 0.2) is 36.4 Å². The number of nitrogens with zero attached hydrogens (tertiary/aromatic N) is 5. The Labute approximate surface area is 149 Å². The number of amides is 1. The minimum atomic E-state index is -0.285. The smallest absolute Gasteiger partial charge is 0.250 e. The van der Waals surface area contributed by atoms with Gasteiger partial charge in [0, 0.05) is 36.8 Å². The number of hydrogen-bond donors (Lipinski definition) is 1. The van der Waals surface area contributed by atoms with Crippen molar-refractivity contribution >= 4 is 28.4 Å². The fourth-order valence-corrected chi connectivity index (χ4v) is 3.67. The van der Waals surface area contributed by atoms with E-state index in [4.69, 9.17) is 0 Å². The third-order valence-electron chi connectivity index (χ3n) is 4.22. The Kier molecular flexibility index (Phi) is 3.96. The molecule has 8 heteroatoms. The van der Waals surface area contributed by atoms with Gasteiger partial charge in [0.2, 0.25) is 5.13 Å². The standard InChI is InChI=1S/C17H18N6OS/c1-11-10-14(22(2)20-11)23-9-8-13(16(23)24)18-17-19-15(21-25-17)12-6-4-3-5-7-12/h3-7,10,13H,8-9H2,1-2H3,(H,18,19,21). The summed E-state index contributed by atoms with van der Waals surface area (Å²) in [7, 11) is 1.85. The molecule has 0 bridgehead atoms. The maximum Gasteiger partial charge on any atom is 0.250 e. The Balaban J connectivity index is 1.48. The predicted octanol–water partition coefficient (Wildman–Crippen LogP) is 2.46. The summed E-state index contributed by atoms with van der Waals surface area (Å²) in [5.41, 5.74) is 1.87. The molecule has 1 unspecified atom stereocenters. The molecule has 128 valence electrons. The van der Waals surface area contributed by atoms with Crippen molar-refractivity contribution in [2.45, 2.75) is 19.4 Å². The zero-order valence-electron chi connectivity index (χ0n) is 14.0. The van der Waals surface area contributed by atoms with Crippen LogP contribution in [0.25, 0.3) is 11.4 Å². The SMILES string of the molecule is Cc1cc(N2CCC(Nc3nc(-c4ccccc4)ns3)C2=O)n(C)n1. The number of hydrogen-bond acceptors (Lipinski definition) is 6. The molecule has 7 nitrogen and oxygen atoms in total. The van der Waals surface area contributed by atoms with Crippen LogP contribution >= 0.6 is 11.5 Å². The Morgan fingerprint density at radius 1 is 1.28 bits per heavy atom. The zero-order chi connectivity index (χ0) is 17.4. The number of rotatable bonds is 4. The molecule has 0 saturated carbocycles. The Hall–Kier alpha value is -2.74. The lowest BCUT2D eigenvalue weighted by atomic mass is 10.2. The summed E-state index contributed by atoms with van der Waals surface area (Å²) in [6, 6.07) is 11.5. The van der Waals surface area contributed by atoms with Crippen LogP contribution in [0.2, 0.25) is 0 Å². The zero-order valence-corrected chi connectivity index (χ0v) is 14.8. The molecule has 1 aromatic carbocycles. The Morgan fingerprint density at radius 2 is 2.08 bits per heavy atom. The van der Waals surface area contributed by atoms with E-state index >= 15 is 0 Å². The topological polar surface area (TPSA) is 75.9 Å². The van der Waals surface area contributed by atoms with Gasteiger partial charge in [-0.05, 0) is 13.3 Å². The first kappa shape index (κ1) is 15.8. The molecule has 0 radical (unpaired) electrons. The van der Waals surface area contributed by atoms with Crippen LogP contribution in [0.5, 0.6) is 0 Å². The molecule has 1 aliphatic heterocycles. The van der Waals surface area contributed by atoms with Crippen molar-refractivity contribution in [1.82, 2.24) is 19.1 Å². The fourth-order valence-electron chi connectivity index (χ4n) is 3.03. The lowest BCUT2D eigenvalue weighted by Gasteiger charge is -2.16. The molecular weight excluding hydrogens is 336 g/mol. The van der Waals surface area contributed by atoms with E-state index in [1.807, 2.05) is 50.4 Å². The van der Waals surface area contributed by atoms with Crippen LogP contribution in [0.4, 0.5) is 10.9 Å². The monoisotopic (exact) mass is 354 g/mol. The molecule has 4 rings (SSSR count). The van der Waals surface area contributed by atoms with Gasteiger partial charge in [-0.3, -0.25) is 14.4 Å². The lowest BCUT2D eigenvalue weighted by Crippen LogP contribution is -2.34. The molecule has 1 amide bonds. The normalized spacial score (nSPS) is 17.3. The summed E-state index contributed by atoms with van der Waals surface area (Å²) in [6.45, 7) is 2.59. The first-order chi connectivity index (χ1) is 12.1. The number of carbonyl (C=O) groups excluding carboxylic acids is 1. The van der Waals surface area contributed by atoms with Gasteiger partial charge in [-0.15, -0.1) is 0 Å². The van der Waals surface area contributed by atoms with Gasteiger partial charge in [0.1, 0.15) is 11.9 Å². The van der Waals surface area contributed by atoms with Gasteiger partial charge < -0.3 is 5.32 Å². The minimum absolute atomic E-state index is 0.0412. The van der Waals surface area contributed by atoms with E-state index in [1.165, 1.54) is 11.5 Å². The van der Waals surface area contributed by atoms with Crippen molar-refractivity contribution < 1.29 is 4.79 Å². The lowest BCUT2D eigenvalue weighted by molar-refractivity contribution is -0.117. The predicted molar refractivity (Wildman–Crippen MR) is 97.7 cm³/mol. The molecule has 3 heterocycles. The van der Waals surface area contributed by atoms with E-state index in [1.54, 1.807) is 9.58 Å². The van der Waals surface area contributed by atoms with Crippen LogP contribution in [0.1, 0.15) is 12.1 Å². The van der Waals surface area contributed by atoms with Crippen molar-refractivity contribution in [3.05, 3.63) is 42.1 Å². The number of aromatic nitrogens is 4. The van der Waals surface area contributed by atoms with Crippen LogP contribution in [-0.2, 0) is 11.8 Å². The van der Waals surface area contributed by atoms with Gasteiger partial charge in [-0.2, -0.15) is 14.5 Å². The summed E-state index contributed by atoms with van der Waals surface area (Å²) in [4.78, 5) is 19.0. The largest absolute Gasteiger partial charge is 0.348 e. The van der Waals surface area contributed by atoms with E-state index in [-0.39, 0.29) is 11.9 Å². The molecule has 25 heavy (non-hydrogen) atoms. The highest BCUT2D eigenvalue weighted by atomic mass is 32.1. The first-order valence-electron chi connectivity index (χ1n) is 8.09. The number of aryl methyl sites for hydroxylation is 2. The summed E-state index contributed by atoms with van der Waals surface area (Å²) in [5.74, 6) is 1.55. The number of nitrogens with one attached hydrogen (secondary N) is 1. The third kappa shape index (κ3) is 3.00. The first-order valence-corrected chi connectivity index (χ1v) is 8.87. The summed E-state index contributed by atoms with van der Waals surface area (Å²) >= 11 is 1.28. The van der Waals surface area contributed by atoms with Gasteiger partial charge in [-0.1, -0.05) is 30.3 Å². The minimum Gasteiger partial charge on any atom is -0.348 e. The average Bonchev–Trinajstić information content (AvgIpc) is 3.30. The number of anilines is 2. The van der Waals surface area contributed by atoms with E-state index in [0.717, 1.165) is 23.5 Å². The van der Waals surface area contributed by atoms with Gasteiger partial charge in [0.15, 0.2) is 5.82 Å². The average molecular weight is 354 g/mol. The molecule has 1 N–H and O–H groups in total. The Bertz CT molecular complexity index is 903. The fraction of sp³-hybridized carbons (Fsp3) is 0.294. The Morgan fingerprint density at radius 3 is 2.80 bits per heavy atom. The van der Waals surface area contributed by atoms with Gasteiger partial charge in [0.25, 0.3) is 5.91 Å². The van der Waals surface area contributed by atoms with Crippen LogP contribution in [0, 0.1) is 6.92 Å². The second-order valence-electron chi connectivity index (χ2n) is 6.03. The number of benzene rings is 1. The maximum absolute atomic E-state index is 12.7. The number of carbonyl (C=O) groups is 1. The van der Waals surface area contributed by atoms with Crippen molar-refractivity contribution in [2.75, 3.05) is 16.8 Å². The van der Waals surface area contributed by atoms with Crippen molar-refractivity contribution in [2.24, 2.45) is 7.05 Å². The van der Waals surface area contributed by atoms with Crippen molar-refractivity contribution in [3.63, 3.8) is 0 Å². The molecule has 1 aliphatic rings. The van der Waals surface area contributed by atoms with E-state index < -0.39 is 0 Å². The molecular formula is C17H18N6OS. The van der Waals surface area contributed by atoms with Crippen molar-refractivity contribution in [1.29, 1.82) is 0 Å². The van der Waals surface area contributed by atoms with Crippen LogP contribution < -0.4 is 10.2 Å². The summed E-state index contributed by atoms with van der Waals surface area (Å²) in [5, 5.41) is 8.22. The van der Waals surface area contributed by atoms with Gasteiger partial charge in [0.05, 0.1) is 5.69 Å². The summed E-state index contributed by atoms with van der Waals surface area (Å²) < 4.78 is 6.12. The maximum atomic E-state index is 12.7. The van der Waals surface area contributed by atoms with Crippen LogP contribution in [0.3, 0.4) is 0 Å². The molecule has 1 fully saturated rings. The highest BCUT2D eigenvalue weighted by Gasteiger charge is 2.34. The molecule has 1 atom stereocenters. The highest BCUT2D eigenvalue weighted by molar-refractivity contribution is 7.09. The van der Waals surface area contributed by atoms with Crippen LogP contribution in [-0.4, -0.2) is 37.6 Å². The molecule has 0 spiro atoms. The van der Waals surface area contributed by atoms with Gasteiger partial charge >= 0.3 is 0 Å². The third-order valence-corrected chi connectivity index (χ3v) is 4.86.